The van der Waals surface area contributed by atoms with Crippen molar-refractivity contribution in [2.24, 2.45) is 10.7 Å². The molecule has 2 heterocycles. The van der Waals surface area contributed by atoms with Gasteiger partial charge in [-0.25, -0.2) is 4.98 Å². The van der Waals surface area contributed by atoms with Crippen molar-refractivity contribution >= 4 is 34.9 Å². The number of aliphatic hydroxyl groups excluding tert-OH is 2. The molecule has 1 atom stereocenters. The highest BCUT2D eigenvalue weighted by Crippen LogP contribution is 2.43. The van der Waals surface area contributed by atoms with E-state index in [1.807, 2.05) is 36.4 Å². The van der Waals surface area contributed by atoms with Gasteiger partial charge in [-0.15, -0.1) is 0 Å². The van der Waals surface area contributed by atoms with Gasteiger partial charge in [0.15, 0.2) is 0 Å². The summed E-state index contributed by atoms with van der Waals surface area (Å²) >= 11 is 13.6. The fraction of sp³-hybridized carbons (Fsp3) is 0.303. The number of H-pyrrole nitrogens is 1. The van der Waals surface area contributed by atoms with E-state index in [4.69, 9.17) is 48.6 Å². The maximum Gasteiger partial charge on any atom is 0.323 e. The van der Waals surface area contributed by atoms with Crippen molar-refractivity contribution in [2.45, 2.75) is 32.0 Å². The van der Waals surface area contributed by atoms with Crippen molar-refractivity contribution in [3.05, 3.63) is 98.7 Å². The Morgan fingerprint density at radius 3 is 2.56 bits per heavy atom. The lowest BCUT2D eigenvalue weighted by Crippen LogP contribution is -2.18. The molecule has 0 radical (unpaired) electrons. The topological polar surface area (TPSA) is 148 Å². The number of fused-ring (bicyclic) bond motifs is 1. The Morgan fingerprint density at radius 1 is 1.02 bits per heavy atom. The number of nitrogens with two attached hydrogens (primary N) is 1. The largest absolute Gasteiger partial charge is 0.481 e. The van der Waals surface area contributed by atoms with E-state index >= 15 is 0 Å². The third kappa shape index (κ3) is 7.73. The summed E-state index contributed by atoms with van der Waals surface area (Å²) < 4.78 is 11.9. The van der Waals surface area contributed by atoms with E-state index in [0.717, 1.165) is 46.2 Å². The molecule has 1 aliphatic rings. The monoisotopic (exact) mass is 651 g/mol. The first-order chi connectivity index (χ1) is 21.9. The number of aliphatic imine (C=N–C) groups is 1. The minimum absolute atomic E-state index is 0.0306. The number of aliphatic hydroxyl groups is 2. The van der Waals surface area contributed by atoms with Crippen molar-refractivity contribution in [1.29, 1.82) is 0 Å². The molecule has 0 saturated heterocycles. The Labute approximate surface area is 272 Å². The highest BCUT2D eigenvalue weighted by Gasteiger charge is 2.29. The predicted octanol–water partition coefficient (Wildman–Crippen LogP) is 4.15. The molecular formula is C33H37Cl2N6O4+. The van der Waals surface area contributed by atoms with Gasteiger partial charge in [0.1, 0.15) is 11.1 Å². The molecule has 10 nitrogen and oxygen atoms in total. The van der Waals surface area contributed by atoms with Gasteiger partial charge < -0.3 is 36.1 Å². The van der Waals surface area contributed by atoms with Crippen molar-refractivity contribution in [3.8, 4) is 22.9 Å². The maximum atomic E-state index is 9.06. The van der Waals surface area contributed by atoms with Gasteiger partial charge in [-0.2, -0.15) is 4.98 Å². The number of nitrogens with one attached hydrogen (secondary N) is 3. The lowest BCUT2D eigenvalue weighted by Gasteiger charge is -2.18. The van der Waals surface area contributed by atoms with Crippen molar-refractivity contribution < 1.29 is 24.7 Å². The molecule has 0 unspecified atom stereocenters. The van der Waals surface area contributed by atoms with Gasteiger partial charge in [-0.05, 0) is 58.3 Å². The second-order valence-electron chi connectivity index (χ2n) is 10.5. The van der Waals surface area contributed by atoms with E-state index < -0.39 is 0 Å². The fourth-order valence-corrected chi connectivity index (χ4v) is 5.96. The second-order valence-corrected chi connectivity index (χ2v) is 11.3. The molecule has 0 spiro atoms. The standard InChI is InChI=1S/C33H36Cl2N6O4/c1-44-32-21(19-38-13-15-43)17-27(34)33(41-32)45-28-9-8-23-22(4-2-5-24(23)28)25-6-3-7-26(30(25)35)31(36)40-29-16-20(10-11-39-29)18-37-12-14-42/h2-7,10-11,16-17,28,37-38,42-43H,8-9,12-15,18-19H2,1H3,(H2,36,39,40)/p+1/t28-/m0/s1. The van der Waals surface area contributed by atoms with Gasteiger partial charge in [-0.3, -0.25) is 0 Å². The molecule has 0 amide bonds. The van der Waals surface area contributed by atoms with E-state index in [2.05, 4.69) is 37.7 Å². The summed E-state index contributed by atoms with van der Waals surface area (Å²) in [7, 11) is 1.55. The summed E-state index contributed by atoms with van der Waals surface area (Å²) in [4.78, 5) is 12.3. The van der Waals surface area contributed by atoms with Crippen LogP contribution < -0.4 is 30.8 Å². The van der Waals surface area contributed by atoms with Crippen LogP contribution in [0.1, 0.15) is 40.3 Å². The molecule has 45 heavy (non-hydrogen) atoms. The molecule has 0 fully saturated rings. The zero-order valence-electron chi connectivity index (χ0n) is 24.9. The van der Waals surface area contributed by atoms with Gasteiger partial charge in [-0.1, -0.05) is 53.5 Å². The average molecular weight is 653 g/mol. The molecule has 12 heteroatoms. The number of halogens is 2. The molecular weight excluding hydrogens is 615 g/mol. The Hall–Kier alpha value is -3.77. The number of ether oxygens (including phenoxy) is 2. The van der Waals surface area contributed by atoms with E-state index in [-0.39, 0.29) is 25.2 Å². The lowest BCUT2D eigenvalue weighted by molar-refractivity contribution is -0.362. The van der Waals surface area contributed by atoms with Crippen LogP contribution in [0.3, 0.4) is 0 Å². The van der Waals surface area contributed by atoms with Gasteiger partial charge in [0, 0.05) is 43.4 Å². The van der Waals surface area contributed by atoms with Crippen molar-refractivity contribution in [2.75, 3.05) is 33.4 Å². The molecule has 7 N–H and O–H groups in total. The first-order valence-electron chi connectivity index (χ1n) is 14.7. The van der Waals surface area contributed by atoms with Crippen LogP contribution in [0.25, 0.3) is 11.1 Å². The second kappa shape index (κ2) is 15.5. The molecule has 0 bridgehead atoms. The van der Waals surface area contributed by atoms with Crippen LogP contribution in [0.2, 0.25) is 10.0 Å². The summed E-state index contributed by atoms with van der Waals surface area (Å²) in [5.41, 5.74) is 12.9. The number of nitrogens with zero attached hydrogens (tertiary/aromatic N) is 2. The van der Waals surface area contributed by atoms with Crippen LogP contribution in [0.4, 0.5) is 5.82 Å². The average Bonchev–Trinajstić information content (AvgIpc) is 3.45. The number of benzene rings is 2. The zero-order chi connectivity index (χ0) is 31.8. The van der Waals surface area contributed by atoms with Gasteiger partial charge in [0.05, 0.1) is 37.1 Å². The van der Waals surface area contributed by atoms with E-state index in [9.17, 15) is 0 Å². The number of aromatic amines is 1. The zero-order valence-corrected chi connectivity index (χ0v) is 26.5. The normalized spacial score (nSPS) is 14.4. The van der Waals surface area contributed by atoms with Crippen LogP contribution in [-0.4, -0.2) is 54.4 Å². The third-order valence-electron chi connectivity index (χ3n) is 7.52. The molecule has 2 aromatic heterocycles. The number of methoxy groups -OCH3 is 1. The van der Waals surface area contributed by atoms with Gasteiger partial charge >= 0.3 is 5.82 Å². The number of aromatic nitrogens is 2. The summed E-state index contributed by atoms with van der Waals surface area (Å²) in [6.45, 7) is 2.11. The van der Waals surface area contributed by atoms with Crippen LogP contribution in [0.15, 0.2) is 65.8 Å². The molecule has 4 aromatic rings. The fourth-order valence-electron chi connectivity index (χ4n) is 5.42. The number of rotatable bonds is 14. The first kappa shape index (κ1) is 32.6. The molecule has 1 aliphatic carbocycles. The lowest BCUT2D eigenvalue weighted by atomic mass is 9.95. The van der Waals surface area contributed by atoms with Crippen molar-refractivity contribution in [3.63, 3.8) is 0 Å². The van der Waals surface area contributed by atoms with Crippen LogP contribution in [0.5, 0.6) is 11.8 Å². The van der Waals surface area contributed by atoms with Crippen molar-refractivity contribution in [1.82, 2.24) is 15.6 Å². The van der Waals surface area contributed by atoms with Crippen LogP contribution in [-0.2, 0) is 19.5 Å². The Kier molecular flexibility index (Phi) is 11.2. The molecule has 0 saturated carbocycles. The van der Waals surface area contributed by atoms with Gasteiger partial charge in [0.25, 0.3) is 0 Å². The van der Waals surface area contributed by atoms with E-state index in [1.165, 1.54) is 0 Å². The molecule has 236 valence electrons. The molecule has 0 aliphatic heterocycles. The summed E-state index contributed by atoms with van der Waals surface area (Å²) in [6, 6.07) is 17.5. The SMILES string of the molecule is COc1nc(O[C@H]2CCc3c(-c4cccc(C(N)=Nc5cc(CNCCO)cc[nH+]5)c4Cl)cccc32)c(Cl)cc1CNCCO. The molecule has 5 rings (SSSR count). The Morgan fingerprint density at radius 2 is 1.78 bits per heavy atom. The highest BCUT2D eigenvalue weighted by molar-refractivity contribution is 6.36. The summed E-state index contributed by atoms with van der Waals surface area (Å²) in [5.74, 6) is 1.60. The Bertz CT molecular complexity index is 1670. The third-order valence-corrected chi connectivity index (χ3v) is 8.20. The number of hydrogen-bond acceptors (Lipinski definition) is 8. The Balaban J connectivity index is 1.39. The van der Waals surface area contributed by atoms with E-state index in [1.54, 1.807) is 19.4 Å². The number of hydrogen-bond donors (Lipinski definition) is 5. The molecule has 2 aromatic carbocycles. The summed E-state index contributed by atoms with van der Waals surface area (Å²) in [5, 5.41) is 25.2. The minimum atomic E-state index is -0.253. The minimum Gasteiger partial charge on any atom is -0.481 e. The number of pyridine rings is 2. The van der Waals surface area contributed by atoms with E-state index in [0.29, 0.717) is 59.4 Å². The van der Waals surface area contributed by atoms with Crippen LogP contribution >= 0.6 is 23.2 Å². The maximum absolute atomic E-state index is 9.06. The number of amidine groups is 1. The summed E-state index contributed by atoms with van der Waals surface area (Å²) in [6.07, 6.45) is 3.07. The quantitative estimate of drug-likeness (QED) is 0.0776. The highest BCUT2D eigenvalue weighted by atomic mass is 35.5. The first-order valence-corrected chi connectivity index (χ1v) is 15.5. The van der Waals surface area contributed by atoms with Gasteiger partial charge in [0.2, 0.25) is 17.6 Å². The predicted molar refractivity (Wildman–Crippen MR) is 175 cm³/mol. The van der Waals surface area contributed by atoms with Crippen LogP contribution in [0, 0.1) is 0 Å². The smallest absolute Gasteiger partial charge is 0.323 e.